The molecule has 2 aliphatic heterocycles. The van der Waals surface area contributed by atoms with Crippen molar-refractivity contribution in [3.63, 3.8) is 0 Å². The van der Waals surface area contributed by atoms with E-state index in [1.807, 2.05) is 17.0 Å². The van der Waals surface area contributed by atoms with Crippen LogP contribution in [0.2, 0.25) is 0 Å². The third-order valence-corrected chi connectivity index (χ3v) is 5.36. The van der Waals surface area contributed by atoms with Crippen molar-refractivity contribution in [2.24, 2.45) is 0 Å². The molecule has 0 N–H and O–H groups in total. The Hall–Kier alpha value is -2.28. The molecule has 7 nitrogen and oxygen atoms in total. The smallest absolute Gasteiger partial charge is 0.247 e. The summed E-state index contributed by atoms with van der Waals surface area (Å²) in [6.45, 7) is 5.41. The minimum atomic E-state index is 0.187. The molecule has 0 bridgehead atoms. The highest BCUT2D eigenvalue weighted by Gasteiger charge is 2.34. The van der Waals surface area contributed by atoms with Gasteiger partial charge in [-0.15, -0.1) is 10.2 Å². The van der Waals surface area contributed by atoms with Gasteiger partial charge >= 0.3 is 0 Å². The average molecular weight is 341 g/mol. The summed E-state index contributed by atoms with van der Waals surface area (Å²) in [6.07, 6.45) is 6.61. The van der Waals surface area contributed by atoms with E-state index in [0.717, 1.165) is 56.9 Å². The lowest BCUT2D eigenvalue weighted by Crippen LogP contribution is -2.45. The molecule has 4 rings (SSSR count). The Balaban J connectivity index is 1.37. The van der Waals surface area contributed by atoms with E-state index in [-0.39, 0.29) is 5.91 Å². The van der Waals surface area contributed by atoms with Crippen molar-refractivity contribution in [1.29, 1.82) is 0 Å². The molecule has 25 heavy (non-hydrogen) atoms. The summed E-state index contributed by atoms with van der Waals surface area (Å²) < 4.78 is 5.91. The largest absolute Gasteiger partial charge is 0.420 e. The quantitative estimate of drug-likeness (QED) is 0.849. The molecule has 7 heteroatoms. The fourth-order valence-corrected chi connectivity index (χ4v) is 3.88. The lowest BCUT2D eigenvalue weighted by Gasteiger charge is -2.36. The molecule has 0 radical (unpaired) electrons. The molecular weight excluding hydrogens is 318 g/mol. The number of rotatable bonds is 3. The van der Waals surface area contributed by atoms with E-state index >= 15 is 0 Å². The summed E-state index contributed by atoms with van der Waals surface area (Å²) in [5.41, 5.74) is 0.903. The molecule has 2 aromatic rings. The summed E-state index contributed by atoms with van der Waals surface area (Å²) in [7, 11) is 0. The highest BCUT2D eigenvalue weighted by atomic mass is 16.4. The molecule has 2 aliphatic rings. The number of hydrogen-bond acceptors (Lipinski definition) is 6. The lowest BCUT2D eigenvalue weighted by atomic mass is 10.0. The Kier molecular flexibility index (Phi) is 4.48. The van der Waals surface area contributed by atoms with Crippen molar-refractivity contribution in [3.8, 4) is 11.5 Å². The molecule has 132 valence electrons. The van der Waals surface area contributed by atoms with Gasteiger partial charge in [-0.3, -0.25) is 14.7 Å². The van der Waals surface area contributed by atoms with E-state index in [0.29, 0.717) is 17.9 Å². The second-order valence-electron chi connectivity index (χ2n) is 6.90. The number of carbonyl (C=O) groups excluding carboxylic acids is 1. The van der Waals surface area contributed by atoms with Crippen LogP contribution in [0.4, 0.5) is 0 Å². The number of amides is 1. The number of aromatic nitrogens is 3. The maximum atomic E-state index is 11.5. The van der Waals surface area contributed by atoms with Crippen LogP contribution < -0.4 is 0 Å². The minimum Gasteiger partial charge on any atom is -0.420 e. The third-order valence-electron chi connectivity index (χ3n) is 5.36. The van der Waals surface area contributed by atoms with E-state index in [2.05, 4.69) is 20.1 Å². The van der Waals surface area contributed by atoms with E-state index in [1.165, 1.54) is 0 Å². The number of carbonyl (C=O) groups is 1. The van der Waals surface area contributed by atoms with Crippen molar-refractivity contribution in [2.45, 2.75) is 38.1 Å². The minimum absolute atomic E-state index is 0.187. The molecule has 0 unspecified atom stereocenters. The van der Waals surface area contributed by atoms with Crippen LogP contribution in [0.1, 0.15) is 38.0 Å². The third kappa shape index (κ3) is 3.42. The molecule has 4 heterocycles. The Bertz CT molecular complexity index is 724. The standard InChI is InChI=1S/C18H23N5O2/c1-13(24)22-10-5-16(6-11-22)23-9-4-15(12-23)18-21-20-17(25-18)14-2-7-19-8-3-14/h2-3,7-8,15-16H,4-6,9-12H2,1H3/t15-/m0/s1. The van der Waals surface area contributed by atoms with Gasteiger partial charge in [0.1, 0.15) is 0 Å². The zero-order valence-electron chi connectivity index (χ0n) is 14.5. The maximum Gasteiger partial charge on any atom is 0.247 e. The first-order valence-electron chi connectivity index (χ1n) is 8.94. The summed E-state index contributed by atoms with van der Waals surface area (Å²) in [5.74, 6) is 1.78. The number of piperidine rings is 1. The predicted molar refractivity (Wildman–Crippen MR) is 91.7 cm³/mol. The normalized spacial score (nSPS) is 22.4. The van der Waals surface area contributed by atoms with Crippen LogP contribution in [0.3, 0.4) is 0 Å². The second kappa shape index (κ2) is 6.92. The highest BCUT2D eigenvalue weighted by Crippen LogP contribution is 2.31. The van der Waals surface area contributed by atoms with Crippen molar-refractivity contribution < 1.29 is 9.21 Å². The number of pyridine rings is 1. The Labute approximate surface area is 147 Å². The first-order valence-corrected chi connectivity index (χ1v) is 8.94. The topological polar surface area (TPSA) is 75.4 Å². The first-order chi connectivity index (χ1) is 12.2. The molecule has 0 aromatic carbocycles. The molecule has 0 aliphatic carbocycles. The summed E-state index contributed by atoms with van der Waals surface area (Å²) in [5, 5.41) is 8.46. The zero-order chi connectivity index (χ0) is 17.2. The van der Waals surface area contributed by atoms with Gasteiger partial charge in [-0.2, -0.15) is 0 Å². The van der Waals surface area contributed by atoms with E-state index in [9.17, 15) is 4.79 Å². The van der Waals surface area contributed by atoms with Crippen molar-refractivity contribution >= 4 is 5.91 Å². The van der Waals surface area contributed by atoms with Crippen LogP contribution in [-0.2, 0) is 4.79 Å². The Morgan fingerprint density at radius 1 is 1.12 bits per heavy atom. The van der Waals surface area contributed by atoms with Crippen LogP contribution in [0.5, 0.6) is 0 Å². The first kappa shape index (κ1) is 16.2. The van der Waals surface area contributed by atoms with Gasteiger partial charge in [0.05, 0.1) is 5.92 Å². The van der Waals surface area contributed by atoms with E-state index in [4.69, 9.17) is 4.42 Å². The van der Waals surface area contributed by atoms with Crippen LogP contribution in [0, 0.1) is 0 Å². The summed E-state index contributed by atoms with van der Waals surface area (Å²) in [6, 6.07) is 4.31. The molecule has 0 spiro atoms. The number of hydrogen-bond donors (Lipinski definition) is 0. The van der Waals surface area contributed by atoms with Gasteiger partial charge < -0.3 is 9.32 Å². The highest BCUT2D eigenvalue weighted by molar-refractivity contribution is 5.73. The monoisotopic (exact) mass is 341 g/mol. The Morgan fingerprint density at radius 3 is 2.60 bits per heavy atom. The zero-order valence-corrected chi connectivity index (χ0v) is 14.5. The second-order valence-corrected chi connectivity index (χ2v) is 6.90. The van der Waals surface area contributed by atoms with Gasteiger partial charge in [0.2, 0.25) is 17.7 Å². The fourth-order valence-electron chi connectivity index (χ4n) is 3.88. The van der Waals surface area contributed by atoms with Crippen molar-refractivity contribution in [3.05, 3.63) is 30.4 Å². The number of likely N-dealkylation sites (tertiary alicyclic amines) is 2. The molecule has 2 saturated heterocycles. The van der Waals surface area contributed by atoms with Crippen LogP contribution >= 0.6 is 0 Å². The lowest BCUT2D eigenvalue weighted by molar-refractivity contribution is -0.130. The van der Waals surface area contributed by atoms with Crippen molar-refractivity contribution in [1.82, 2.24) is 25.0 Å². The Morgan fingerprint density at radius 2 is 1.88 bits per heavy atom. The molecule has 1 amide bonds. The fraction of sp³-hybridized carbons (Fsp3) is 0.556. The molecule has 1 atom stereocenters. The summed E-state index contributed by atoms with van der Waals surface area (Å²) in [4.78, 5) is 19.9. The molecular formula is C18H23N5O2. The van der Waals surface area contributed by atoms with E-state index < -0.39 is 0 Å². The molecule has 0 saturated carbocycles. The van der Waals surface area contributed by atoms with Gasteiger partial charge in [-0.05, 0) is 37.9 Å². The number of nitrogens with zero attached hydrogens (tertiary/aromatic N) is 5. The molecule has 2 aromatic heterocycles. The van der Waals surface area contributed by atoms with Crippen LogP contribution in [-0.4, -0.2) is 63.1 Å². The molecule has 2 fully saturated rings. The maximum absolute atomic E-state index is 11.5. The average Bonchev–Trinajstić information content (AvgIpc) is 3.32. The van der Waals surface area contributed by atoms with Gasteiger partial charge in [0.25, 0.3) is 0 Å². The van der Waals surface area contributed by atoms with Gasteiger partial charge in [-0.25, -0.2) is 0 Å². The van der Waals surface area contributed by atoms with E-state index in [1.54, 1.807) is 19.3 Å². The van der Waals surface area contributed by atoms with Gasteiger partial charge in [0.15, 0.2) is 0 Å². The van der Waals surface area contributed by atoms with Crippen LogP contribution in [0.25, 0.3) is 11.5 Å². The predicted octanol–water partition coefficient (Wildman–Crippen LogP) is 1.93. The summed E-state index contributed by atoms with van der Waals surface area (Å²) >= 11 is 0. The SMILES string of the molecule is CC(=O)N1CCC(N2CC[C@H](c3nnc(-c4ccncc4)o3)C2)CC1. The van der Waals surface area contributed by atoms with Crippen molar-refractivity contribution in [2.75, 3.05) is 26.2 Å². The van der Waals surface area contributed by atoms with Gasteiger partial charge in [0, 0.05) is 50.6 Å². The van der Waals surface area contributed by atoms with Crippen LogP contribution in [0.15, 0.2) is 28.9 Å². The van der Waals surface area contributed by atoms with Gasteiger partial charge in [-0.1, -0.05) is 0 Å².